The molecule has 2 aromatic carbocycles. The van der Waals surface area contributed by atoms with Gasteiger partial charge in [0.05, 0.1) is 0 Å². The molecule has 0 fully saturated rings. The van der Waals surface area contributed by atoms with E-state index >= 15 is 0 Å². The van der Waals surface area contributed by atoms with Gasteiger partial charge in [-0.05, 0) is 24.6 Å². The Kier molecular flexibility index (Phi) is 4.56. The van der Waals surface area contributed by atoms with Gasteiger partial charge in [-0.2, -0.15) is 0 Å². The van der Waals surface area contributed by atoms with Crippen LogP contribution < -0.4 is 16.4 Å². The molecule has 0 radical (unpaired) electrons. The van der Waals surface area contributed by atoms with Crippen molar-refractivity contribution in [3.8, 4) is 0 Å². The number of anilines is 1. The molecule has 0 unspecified atom stereocenters. The van der Waals surface area contributed by atoms with E-state index < -0.39 is 0 Å². The predicted octanol–water partition coefficient (Wildman–Crippen LogP) is 2.60. The summed E-state index contributed by atoms with van der Waals surface area (Å²) in [4.78, 5) is 11.8. The highest BCUT2D eigenvalue weighted by Gasteiger charge is 2.02. The minimum Gasteiger partial charge on any atom is -0.384 e. The second-order valence-corrected chi connectivity index (χ2v) is 4.78. The van der Waals surface area contributed by atoms with Gasteiger partial charge in [0.15, 0.2) is 0 Å². The second-order valence-electron chi connectivity index (χ2n) is 4.78. The van der Waals surface area contributed by atoms with Crippen LogP contribution in [0.15, 0.2) is 48.5 Å². The summed E-state index contributed by atoms with van der Waals surface area (Å²) >= 11 is 0. The highest BCUT2D eigenvalue weighted by Crippen LogP contribution is 2.08. The summed E-state index contributed by atoms with van der Waals surface area (Å²) in [5.41, 5.74) is 8.90. The van der Waals surface area contributed by atoms with Crippen LogP contribution in [0.25, 0.3) is 0 Å². The summed E-state index contributed by atoms with van der Waals surface area (Å²) in [6.07, 6.45) is 0. The molecule has 2 aromatic rings. The number of aryl methyl sites for hydroxylation is 1. The van der Waals surface area contributed by atoms with E-state index in [1.165, 1.54) is 0 Å². The van der Waals surface area contributed by atoms with Crippen molar-refractivity contribution in [1.82, 2.24) is 5.32 Å². The Bertz CT molecular complexity index is 632. The van der Waals surface area contributed by atoms with E-state index in [0.29, 0.717) is 12.1 Å². The van der Waals surface area contributed by atoms with E-state index in [1.807, 2.05) is 43.3 Å². The molecule has 5 N–H and O–H groups in total. The maximum absolute atomic E-state index is 11.8. The number of urea groups is 1. The monoisotopic (exact) mass is 282 g/mol. The first-order chi connectivity index (χ1) is 10.0. The van der Waals surface area contributed by atoms with Gasteiger partial charge in [-0.25, -0.2) is 4.79 Å². The summed E-state index contributed by atoms with van der Waals surface area (Å²) in [5, 5.41) is 12.9. The fourth-order valence-electron chi connectivity index (χ4n) is 1.80. The zero-order valence-corrected chi connectivity index (χ0v) is 11.8. The van der Waals surface area contributed by atoms with Crippen molar-refractivity contribution in [3.05, 3.63) is 65.2 Å². The minimum absolute atomic E-state index is 0.0339. The third-order valence-corrected chi connectivity index (χ3v) is 3.03. The van der Waals surface area contributed by atoms with Crippen molar-refractivity contribution < 1.29 is 4.79 Å². The van der Waals surface area contributed by atoms with Crippen LogP contribution in [0.3, 0.4) is 0 Å². The van der Waals surface area contributed by atoms with Crippen LogP contribution in [0.1, 0.15) is 16.7 Å². The number of rotatable bonds is 4. The number of hydrogen-bond donors (Lipinski definition) is 4. The van der Waals surface area contributed by atoms with Crippen molar-refractivity contribution in [2.24, 2.45) is 5.73 Å². The van der Waals surface area contributed by atoms with Gasteiger partial charge in [-0.1, -0.05) is 42.0 Å². The lowest BCUT2D eigenvalue weighted by Gasteiger charge is -2.08. The zero-order valence-electron chi connectivity index (χ0n) is 11.8. The van der Waals surface area contributed by atoms with Crippen molar-refractivity contribution in [1.29, 1.82) is 5.41 Å². The third kappa shape index (κ3) is 4.35. The smallest absolute Gasteiger partial charge is 0.319 e. The van der Waals surface area contributed by atoms with Gasteiger partial charge in [-0.15, -0.1) is 0 Å². The van der Waals surface area contributed by atoms with E-state index in [2.05, 4.69) is 10.6 Å². The first kappa shape index (κ1) is 14.6. The molecule has 5 nitrogen and oxygen atoms in total. The lowest BCUT2D eigenvalue weighted by Crippen LogP contribution is -2.28. The van der Waals surface area contributed by atoms with Crippen LogP contribution in [0.4, 0.5) is 10.5 Å². The Morgan fingerprint density at radius 3 is 2.29 bits per heavy atom. The number of nitrogen functional groups attached to an aromatic ring is 1. The highest BCUT2D eigenvalue weighted by atomic mass is 16.2. The molecular formula is C16H18N4O. The van der Waals surface area contributed by atoms with Gasteiger partial charge in [0, 0.05) is 17.8 Å². The molecular weight excluding hydrogens is 264 g/mol. The van der Waals surface area contributed by atoms with Crippen molar-refractivity contribution in [3.63, 3.8) is 0 Å². The number of nitrogens with one attached hydrogen (secondary N) is 3. The molecule has 2 amide bonds. The van der Waals surface area contributed by atoms with Crippen molar-refractivity contribution >= 4 is 17.6 Å². The fraction of sp³-hybridized carbons (Fsp3) is 0.125. The largest absolute Gasteiger partial charge is 0.384 e. The molecule has 0 saturated heterocycles. The van der Waals surface area contributed by atoms with Crippen LogP contribution >= 0.6 is 0 Å². The van der Waals surface area contributed by atoms with Crippen molar-refractivity contribution in [2.75, 3.05) is 5.32 Å². The standard InChI is InChI=1S/C16H18N4O/c1-11-2-8-14(9-3-11)20-16(21)19-10-12-4-6-13(7-5-12)15(17)18/h2-9H,10H2,1H3,(H3,17,18)(H2,19,20,21). The lowest BCUT2D eigenvalue weighted by atomic mass is 10.1. The van der Waals surface area contributed by atoms with E-state index in [-0.39, 0.29) is 11.9 Å². The Morgan fingerprint density at radius 1 is 1.10 bits per heavy atom. The molecule has 21 heavy (non-hydrogen) atoms. The van der Waals surface area contributed by atoms with Gasteiger partial charge in [0.25, 0.3) is 0 Å². The molecule has 0 bridgehead atoms. The third-order valence-electron chi connectivity index (χ3n) is 3.03. The Labute approximate surface area is 123 Å². The number of hydrogen-bond acceptors (Lipinski definition) is 2. The average Bonchev–Trinajstić information content (AvgIpc) is 2.48. The first-order valence-corrected chi connectivity index (χ1v) is 6.59. The number of amidine groups is 1. The molecule has 0 heterocycles. The maximum Gasteiger partial charge on any atom is 0.319 e. The topological polar surface area (TPSA) is 91.0 Å². The van der Waals surface area contributed by atoms with E-state index in [9.17, 15) is 4.79 Å². The summed E-state index contributed by atoms with van der Waals surface area (Å²) in [7, 11) is 0. The molecule has 0 saturated carbocycles. The van der Waals surface area contributed by atoms with Gasteiger partial charge in [-0.3, -0.25) is 5.41 Å². The van der Waals surface area contributed by atoms with Crippen molar-refractivity contribution in [2.45, 2.75) is 13.5 Å². The number of benzene rings is 2. The number of amides is 2. The summed E-state index contributed by atoms with van der Waals surface area (Å²) in [6, 6.07) is 14.5. The summed E-state index contributed by atoms with van der Waals surface area (Å²) in [5.74, 6) is 0.0339. The fourth-order valence-corrected chi connectivity index (χ4v) is 1.80. The predicted molar refractivity (Wildman–Crippen MR) is 84.5 cm³/mol. The average molecular weight is 282 g/mol. The number of nitrogens with two attached hydrogens (primary N) is 1. The molecule has 2 rings (SSSR count). The zero-order chi connectivity index (χ0) is 15.2. The molecule has 0 aliphatic rings. The SMILES string of the molecule is Cc1ccc(NC(=O)NCc2ccc(C(=N)N)cc2)cc1. The molecule has 0 aromatic heterocycles. The Morgan fingerprint density at radius 2 is 1.71 bits per heavy atom. The molecule has 0 atom stereocenters. The second kappa shape index (κ2) is 6.56. The number of carbonyl (C=O) groups excluding carboxylic acids is 1. The van der Waals surface area contributed by atoms with Gasteiger partial charge < -0.3 is 16.4 Å². The Hall–Kier alpha value is -2.82. The van der Waals surface area contributed by atoms with Crippen LogP contribution in [-0.2, 0) is 6.54 Å². The lowest BCUT2D eigenvalue weighted by molar-refractivity contribution is 0.251. The van der Waals surface area contributed by atoms with Gasteiger partial charge in [0.1, 0.15) is 5.84 Å². The van der Waals surface area contributed by atoms with Crippen LogP contribution in [0.5, 0.6) is 0 Å². The van der Waals surface area contributed by atoms with E-state index in [4.69, 9.17) is 11.1 Å². The first-order valence-electron chi connectivity index (χ1n) is 6.59. The summed E-state index contributed by atoms with van der Waals surface area (Å²) in [6.45, 7) is 2.41. The molecule has 0 aliphatic carbocycles. The van der Waals surface area contributed by atoms with Gasteiger partial charge >= 0.3 is 6.03 Å². The van der Waals surface area contributed by atoms with Crippen LogP contribution in [0.2, 0.25) is 0 Å². The quantitative estimate of drug-likeness (QED) is 0.513. The maximum atomic E-state index is 11.8. The highest BCUT2D eigenvalue weighted by molar-refractivity contribution is 5.94. The normalized spacial score (nSPS) is 9.95. The molecule has 0 aliphatic heterocycles. The Balaban J connectivity index is 1.86. The molecule has 0 spiro atoms. The van der Waals surface area contributed by atoms with E-state index in [1.54, 1.807) is 12.1 Å². The van der Waals surface area contributed by atoms with Gasteiger partial charge in [0.2, 0.25) is 0 Å². The summed E-state index contributed by atoms with van der Waals surface area (Å²) < 4.78 is 0. The van der Waals surface area contributed by atoms with E-state index in [0.717, 1.165) is 16.8 Å². The molecule has 5 heteroatoms. The van der Waals surface area contributed by atoms with Crippen LogP contribution in [-0.4, -0.2) is 11.9 Å². The molecule has 108 valence electrons. The number of carbonyl (C=O) groups is 1. The minimum atomic E-state index is -0.255. The van der Waals surface area contributed by atoms with Crippen LogP contribution in [0, 0.1) is 12.3 Å².